The van der Waals surface area contributed by atoms with Crippen LogP contribution in [0.1, 0.15) is 31.7 Å². The van der Waals surface area contributed by atoms with Gasteiger partial charge in [-0.05, 0) is 30.0 Å². The first kappa shape index (κ1) is 14.0. The van der Waals surface area contributed by atoms with Crippen LogP contribution in [0.15, 0.2) is 24.3 Å². The van der Waals surface area contributed by atoms with Crippen molar-refractivity contribution in [2.75, 3.05) is 13.7 Å². The summed E-state index contributed by atoms with van der Waals surface area (Å²) in [6, 6.07) is 7.75. The molecule has 0 saturated heterocycles. The first-order valence-electron chi connectivity index (χ1n) is 6.10. The van der Waals surface area contributed by atoms with Crippen LogP contribution >= 0.6 is 0 Å². The van der Waals surface area contributed by atoms with E-state index in [1.54, 1.807) is 7.11 Å². The molecule has 0 saturated carbocycles. The number of benzene rings is 1. The first-order chi connectivity index (χ1) is 8.08. The standard InChI is InChI=1S/C14H23NO2/c1-10(2)8-14(16)13(9-15)11-4-6-12(17-3)7-5-11/h4-7,10,13-14,16H,8-9,15H2,1-3H3. The molecule has 0 radical (unpaired) electrons. The number of nitrogens with two attached hydrogens (primary N) is 1. The second-order valence-electron chi connectivity index (χ2n) is 4.81. The third-order valence-corrected chi connectivity index (χ3v) is 2.98. The summed E-state index contributed by atoms with van der Waals surface area (Å²) >= 11 is 0. The Balaban J connectivity index is 2.77. The Kier molecular flexibility index (Phi) is 5.45. The van der Waals surface area contributed by atoms with Crippen molar-refractivity contribution in [2.45, 2.75) is 32.3 Å². The van der Waals surface area contributed by atoms with Crippen molar-refractivity contribution in [3.8, 4) is 5.75 Å². The molecule has 3 heteroatoms. The molecule has 1 aromatic rings. The quantitative estimate of drug-likeness (QED) is 0.797. The fourth-order valence-electron chi connectivity index (χ4n) is 2.01. The van der Waals surface area contributed by atoms with Gasteiger partial charge in [0, 0.05) is 12.5 Å². The Hall–Kier alpha value is -1.06. The number of rotatable bonds is 6. The Bertz CT molecular complexity index is 321. The number of ether oxygens (including phenoxy) is 1. The maximum absolute atomic E-state index is 10.1. The van der Waals surface area contributed by atoms with Crippen molar-refractivity contribution >= 4 is 0 Å². The van der Waals surface area contributed by atoms with Crippen molar-refractivity contribution < 1.29 is 9.84 Å². The van der Waals surface area contributed by atoms with Crippen LogP contribution < -0.4 is 10.5 Å². The number of methoxy groups -OCH3 is 1. The zero-order chi connectivity index (χ0) is 12.8. The van der Waals surface area contributed by atoms with E-state index in [1.807, 2.05) is 24.3 Å². The molecular formula is C14H23NO2. The minimum atomic E-state index is -0.381. The van der Waals surface area contributed by atoms with E-state index >= 15 is 0 Å². The average molecular weight is 237 g/mol. The fourth-order valence-corrected chi connectivity index (χ4v) is 2.01. The normalized spacial score (nSPS) is 14.7. The Morgan fingerprint density at radius 2 is 1.82 bits per heavy atom. The minimum Gasteiger partial charge on any atom is -0.497 e. The van der Waals surface area contributed by atoms with Gasteiger partial charge in [-0.2, -0.15) is 0 Å². The van der Waals surface area contributed by atoms with Gasteiger partial charge in [-0.1, -0.05) is 26.0 Å². The molecule has 0 aliphatic rings. The van der Waals surface area contributed by atoms with Crippen LogP contribution in [0.25, 0.3) is 0 Å². The van der Waals surface area contributed by atoms with Crippen LogP contribution in [0.2, 0.25) is 0 Å². The molecular weight excluding hydrogens is 214 g/mol. The molecule has 96 valence electrons. The van der Waals surface area contributed by atoms with Gasteiger partial charge < -0.3 is 15.6 Å². The second kappa shape index (κ2) is 6.62. The molecule has 1 rings (SSSR count). The van der Waals surface area contributed by atoms with Crippen LogP contribution in [0.3, 0.4) is 0 Å². The lowest BCUT2D eigenvalue weighted by Gasteiger charge is -2.23. The zero-order valence-corrected chi connectivity index (χ0v) is 10.9. The van der Waals surface area contributed by atoms with Gasteiger partial charge in [0.15, 0.2) is 0 Å². The topological polar surface area (TPSA) is 55.5 Å². The highest BCUT2D eigenvalue weighted by molar-refractivity contribution is 5.30. The van der Waals surface area contributed by atoms with Gasteiger partial charge in [-0.15, -0.1) is 0 Å². The fraction of sp³-hybridized carbons (Fsp3) is 0.571. The molecule has 3 nitrogen and oxygen atoms in total. The second-order valence-corrected chi connectivity index (χ2v) is 4.81. The van der Waals surface area contributed by atoms with E-state index in [0.29, 0.717) is 12.5 Å². The number of hydrogen-bond donors (Lipinski definition) is 2. The molecule has 0 spiro atoms. The van der Waals surface area contributed by atoms with Gasteiger partial charge in [0.25, 0.3) is 0 Å². The third-order valence-electron chi connectivity index (χ3n) is 2.98. The van der Waals surface area contributed by atoms with Crippen molar-refractivity contribution in [3.63, 3.8) is 0 Å². The molecule has 2 atom stereocenters. The van der Waals surface area contributed by atoms with Crippen molar-refractivity contribution in [1.29, 1.82) is 0 Å². The van der Waals surface area contributed by atoms with E-state index in [2.05, 4.69) is 13.8 Å². The van der Waals surface area contributed by atoms with Crippen LogP contribution in [0.4, 0.5) is 0 Å². The molecule has 0 aromatic heterocycles. The van der Waals surface area contributed by atoms with Gasteiger partial charge in [0.2, 0.25) is 0 Å². The highest BCUT2D eigenvalue weighted by Gasteiger charge is 2.20. The lowest BCUT2D eigenvalue weighted by Crippen LogP contribution is -2.27. The summed E-state index contributed by atoms with van der Waals surface area (Å²) in [6.45, 7) is 4.66. The smallest absolute Gasteiger partial charge is 0.118 e. The SMILES string of the molecule is COc1ccc(C(CN)C(O)CC(C)C)cc1. The van der Waals surface area contributed by atoms with Crippen LogP contribution in [0.5, 0.6) is 5.75 Å². The Morgan fingerprint density at radius 3 is 2.24 bits per heavy atom. The molecule has 1 aromatic carbocycles. The van der Waals surface area contributed by atoms with E-state index in [4.69, 9.17) is 10.5 Å². The molecule has 0 heterocycles. The minimum absolute atomic E-state index is 0.00306. The van der Waals surface area contributed by atoms with Gasteiger partial charge >= 0.3 is 0 Å². The average Bonchev–Trinajstić information content (AvgIpc) is 2.30. The predicted octanol–water partition coefficient (Wildman–Crippen LogP) is 2.14. The van der Waals surface area contributed by atoms with E-state index in [9.17, 15) is 5.11 Å². The van der Waals surface area contributed by atoms with Gasteiger partial charge in [-0.3, -0.25) is 0 Å². The zero-order valence-electron chi connectivity index (χ0n) is 10.9. The van der Waals surface area contributed by atoms with Gasteiger partial charge in [0.1, 0.15) is 5.75 Å². The van der Waals surface area contributed by atoms with E-state index in [0.717, 1.165) is 17.7 Å². The van der Waals surface area contributed by atoms with Crippen molar-refractivity contribution in [2.24, 2.45) is 11.7 Å². The molecule has 0 amide bonds. The molecule has 0 aliphatic heterocycles. The summed E-state index contributed by atoms with van der Waals surface area (Å²) in [5, 5.41) is 10.1. The number of aliphatic hydroxyl groups is 1. The van der Waals surface area contributed by atoms with Crippen LogP contribution in [0, 0.1) is 5.92 Å². The highest BCUT2D eigenvalue weighted by Crippen LogP contribution is 2.24. The summed E-state index contributed by atoms with van der Waals surface area (Å²) in [4.78, 5) is 0. The molecule has 17 heavy (non-hydrogen) atoms. The maximum atomic E-state index is 10.1. The summed E-state index contributed by atoms with van der Waals surface area (Å²) in [5.74, 6) is 1.29. The summed E-state index contributed by atoms with van der Waals surface area (Å²) in [5.41, 5.74) is 6.83. The summed E-state index contributed by atoms with van der Waals surface area (Å²) < 4.78 is 5.11. The first-order valence-corrected chi connectivity index (χ1v) is 6.10. The monoisotopic (exact) mass is 237 g/mol. The van der Waals surface area contributed by atoms with Gasteiger partial charge in [-0.25, -0.2) is 0 Å². The molecule has 0 bridgehead atoms. The van der Waals surface area contributed by atoms with E-state index in [1.165, 1.54) is 0 Å². The van der Waals surface area contributed by atoms with Crippen molar-refractivity contribution in [3.05, 3.63) is 29.8 Å². The van der Waals surface area contributed by atoms with E-state index in [-0.39, 0.29) is 12.0 Å². The van der Waals surface area contributed by atoms with Gasteiger partial charge in [0.05, 0.1) is 13.2 Å². The van der Waals surface area contributed by atoms with Crippen molar-refractivity contribution in [1.82, 2.24) is 0 Å². The lowest BCUT2D eigenvalue weighted by atomic mass is 9.88. The van der Waals surface area contributed by atoms with Crippen LogP contribution in [-0.2, 0) is 0 Å². The van der Waals surface area contributed by atoms with E-state index < -0.39 is 0 Å². The van der Waals surface area contributed by atoms with Crippen LogP contribution in [-0.4, -0.2) is 24.9 Å². The molecule has 2 unspecified atom stereocenters. The summed E-state index contributed by atoms with van der Waals surface area (Å²) in [6.07, 6.45) is 0.391. The Labute approximate surface area is 104 Å². The third kappa shape index (κ3) is 4.02. The number of aliphatic hydroxyl groups excluding tert-OH is 1. The Morgan fingerprint density at radius 1 is 1.24 bits per heavy atom. The molecule has 3 N–H and O–H groups in total. The number of hydrogen-bond acceptors (Lipinski definition) is 3. The highest BCUT2D eigenvalue weighted by atomic mass is 16.5. The summed E-state index contributed by atoms with van der Waals surface area (Å²) in [7, 11) is 1.64. The predicted molar refractivity (Wildman–Crippen MR) is 70.3 cm³/mol. The largest absolute Gasteiger partial charge is 0.497 e. The molecule has 0 aliphatic carbocycles. The maximum Gasteiger partial charge on any atom is 0.118 e. The lowest BCUT2D eigenvalue weighted by molar-refractivity contribution is 0.121. The molecule has 0 fully saturated rings.